The molecule has 3 aromatic rings. The number of carbonyl (C=O) groups is 1. The van der Waals surface area contributed by atoms with Gasteiger partial charge in [0.25, 0.3) is 0 Å². The number of aliphatic hydroxyl groups excluding tert-OH is 1. The number of sulfonamides is 1. The van der Waals surface area contributed by atoms with Crippen molar-refractivity contribution in [3.63, 3.8) is 0 Å². The number of carbonyl (C=O) groups excluding carboxylic acids is 1. The van der Waals surface area contributed by atoms with Crippen LogP contribution in [0.15, 0.2) is 83.5 Å². The number of cyclic esters (lactones) is 1. The van der Waals surface area contributed by atoms with Gasteiger partial charge in [-0.1, -0.05) is 93.3 Å². The zero-order chi connectivity index (χ0) is 28.8. The summed E-state index contributed by atoms with van der Waals surface area (Å²) in [7, 11) is -3.04. The smallest absolute Gasteiger partial charge is 0.342 e. The molecule has 6 nitrogen and oxygen atoms in total. The van der Waals surface area contributed by atoms with Gasteiger partial charge in [0, 0.05) is 17.5 Å². The number of benzene rings is 3. The summed E-state index contributed by atoms with van der Waals surface area (Å²) >= 11 is 0. The van der Waals surface area contributed by atoms with Crippen LogP contribution in [-0.2, 0) is 26.0 Å². The number of hydrogen-bond acceptors (Lipinski definition) is 5. The minimum atomic E-state index is -4.25. The van der Waals surface area contributed by atoms with E-state index in [1.54, 1.807) is 30.3 Å². The van der Waals surface area contributed by atoms with Crippen molar-refractivity contribution in [3.05, 3.63) is 95.5 Å². The topological polar surface area (TPSA) is 92.7 Å². The number of rotatable bonds is 9. The monoisotopic (exact) mass is 565 g/mol. The fraction of sp³-hybridized carbons (Fsp3) is 0.344. The summed E-state index contributed by atoms with van der Waals surface area (Å²) in [5.41, 5.74) is -0.0860. The minimum absolute atomic E-state index is 0.0336. The predicted octanol–water partition coefficient (Wildman–Crippen LogP) is 6.96. The van der Waals surface area contributed by atoms with Crippen LogP contribution < -0.4 is 4.72 Å². The van der Waals surface area contributed by atoms with E-state index < -0.39 is 32.3 Å². The lowest BCUT2D eigenvalue weighted by molar-refractivity contribution is -0.157. The van der Waals surface area contributed by atoms with Crippen LogP contribution in [0.1, 0.15) is 63.0 Å². The van der Waals surface area contributed by atoms with Crippen molar-refractivity contribution in [1.82, 2.24) is 4.72 Å². The van der Waals surface area contributed by atoms with E-state index in [-0.39, 0.29) is 28.9 Å². The van der Waals surface area contributed by atoms with Gasteiger partial charge in [0.05, 0.1) is 0 Å². The van der Waals surface area contributed by atoms with Crippen LogP contribution in [0.4, 0.5) is 4.39 Å². The Labute approximate surface area is 236 Å². The number of hydrogen-bond donors (Lipinski definition) is 2. The zero-order valence-electron chi connectivity index (χ0n) is 23.0. The molecule has 2 aliphatic rings. The van der Waals surface area contributed by atoms with E-state index in [4.69, 9.17) is 4.74 Å². The van der Waals surface area contributed by atoms with E-state index in [2.05, 4.69) is 4.72 Å². The molecule has 5 rings (SSSR count). The van der Waals surface area contributed by atoms with Gasteiger partial charge in [0.15, 0.2) is 0 Å². The van der Waals surface area contributed by atoms with Crippen molar-refractivity contribution in [2.24, 2.45) is 0 Å². The van der Waals surface area contributed by atoms with E-state index in [0.717, 1.165) is 18.1 Å². The highest BCUT2D eigenvalue weighted by molar-refractivity contribution is 7.89. The molecule has 0 spiro atoms. The Morgan fingerprint density at radius 2 is 1.57 bits per heavy atom. The van der Waals surface area contributed by atoms with Crippen LogP contribution in [0.5, 0.6) is 0 Å². The molecule has 0 radical (unpaired) electrons. The highest BCUT2D eigenvalue weighted by Gasteiger charge is 2.43. The number of esters is 1. The largest absolute Gasteiger partial charge is 0.511 e. The fourth-order valence-electron chi connectivity index (χ4n) is 4.95. The Morgan fingerprint density at radius 3 is 2.12 bits per heavy atom. The lowest BCUT2D eigenvalue weighted by Gasteiger charge is -2.37. The van der Waals surface area contributed by atoms with Gasteiger partial charge in [-0.2, -0.15) is 0 Å². The molecule has 1 saturated carbocycles. The number of aliphatic hydroxyl groups is 1. The van der Waals surface area contributed by atoms with Crippen LogP contribution in [0.25, 0.3) is 16.7 Å². The average Bonchev–Trinajstić information content (AvgIpc) is 3.83. The molecule has 1 atom stereocenters. The molecule has 8 heteroatoms. The second-order valence-electron chi connectivity index (χ2n) is 10.2. The van der Waals surface area contributed by atoms with E-state index in [9.17, 15) is 18.3 Å². The number of ether oxygens (including phenoxy) is 1. The third-order valence-corrected chi connectivity index (χ3v) is 8.54. The highest BCUT2D eigenvalue weighted by Crippen LogP contribution is 2.43. The second-order valence-corrected chi connectivity index (χ2v) is 12.1. The normalized spacial score (nSPS) is 18.5. The molecule has 2 N–H and O–H groups in total. The van der Waals surface area contributed by atoms with Crippen LogP contribution in [0.3, 0.4) is 0 Å². The van der Waals surface area contributed by atoms with Gasteiger partial charge >= 0.3 is 5.97 Å². The van der Waals surface area contributed by atoms with E-state index in [1.807, 2.05) is 37.3 Å². The third-order valence-electron chi connectivity index (χ3n) is 7.04. The van der Waals surface area contributed by atoms with Gasteiger partial charge in [-0.15, -0.1) is 0 Å². The Hall–Kier alpha value is -3.49. The third kappa shape index (κ3) is 6.80. The van der Waals surface area contributed by atoms with Crippen molar-refractivity contribution >= 4 is 21.6 Å². The van der Waals surface area contributed by atoms with Crippen LogP contribution in [-0.4, -0.2) is 32.1 Å². The van der Waals surface area contributed by atoms with Crippen LogP contribution >= 0.6 is 0 Å². The summed E-state index contributed by atoms with van der Waals surface area (Å²) in [6.45, 7) is 1.97. The van der Waals surface area contributed by atoms with E-state index >= 15 is 4.39 Å². The van der Waals surface area contributed by atoms with Crippen LogP contribution in [0, 0.1) is 5.82 Å². The minimum Gasteiger partial charge on any atom is -0.511 e. The molecule has 0 bridgehead atoms. The Morgan fingerprint density at radius 1 is 0.950 bits per heavy atom. The predicted molar refractivity (Wildman–Crippen MR) is 155 cm³/mol. The summed E-state index contributed by atoms with van der Waals surface area (Å²) in [4.78, 5) is 13.0. The Balaban J connectivity index is 0.00000115. The maximum atomic E-state index is 15.1. The average molecular weight is 566 g/mol. The molecule has 0 amide bonds. The quantitative estimate of drug-likeness (QED) is 0.274. The van der Waals surface area contributed by atoms with Gasteiger partial charge in [0.2, 0.25) is 10.0 Å². The van der Waals surface area contributed by atoms with Crippen molar-refractivity contribution in [1.29, 1.82) is 0 Å². The first kappa shape index (κ1) is 29.5. The molecular weight excluding hydrogens is 529 g/mol. The van der Waals surface area contributed by atoms with Crippen molar-refractivity contribution in [2.75, 3.05) is 7.05 Å². The summed E-state index contributed by atoms with van der Waals surface area (Å²) < 4.78 is 49.7. The van der Waals surface area contributed by atoms with Crippen molar-refractivity contribution in [2.45, 2.75) is 68.8 Å². The second kappa shape index (κ2) is 12.8. The summed E-state index contributed by atoms with van der Waals surface area (Å²) in [6, 6.07) is 20.3. The zero-order valence-corrected chi connectivity index (χ0v) is 23.8. The lowest BCUT2D eigenvalue weighted by Crippen LogP contribution is -2.40. The Bertz CT molecular complexity index is 1470. The molecular formula is C32H36FNO5S. The molecule has 40 heavy (non-hydrogen) atoms. The maximum absolute atomic E-state index is 15.1. The lowest BCUT2D eigenvalue weighted by atomic mass is 9.83. The molecule has 3 aromatic carbocycles. The SMILES string of the molecule is C1CC1.CCCC1(CCc2ccccc2)CC(O)=C(c2ccc(F)c(-c3ccccc3)c2S(=O)(=O)NC)C(=O)O1. The van der Waals surface area contributed by atoms with Gasteiger partial charge in [-0.25, -0.2) is 22.3 Å². The first-order chi connectivity index (χ1) is 19.2. The maximum Gasteiger partial charge on any atom is 0.342 e. The van der Waals surface area contributed by atoms with Gasteiger partial charge in [0.1, 0.15) is 27.6 Å². The number of nitrogens with one attached hydrogen (secondary N) is 1. The molecule has 1 aliphatic carbocycles. The summed E-state index contributed by atoms with van der Waals surface area (Å²) in [5, 5.41) is 11.2. The molecule has 212 valence electrons. The van der Waals surface area contributed by atoms with Gasteiger partial charge < -0.3 is 9.84 Å². The summed E-state index contributed by atoms with van der Waals surface area (Å²) in [6.07, 6.45) is 6.92. The molecule has 1 aliphatic heterocycles. The molecule has 1 unspecified atom stereocenters. The Kier molecular flexibility index (Phi) is 9.43. The fourth-order valence-corrected chi connectivity index (χ4v) is 6.10. The van der Waals surface area contributed by atoms with Crippen molar-refractivity contribution < 1.29 is 27.4 Å². The van der Waals surface area contributed by atoms with Crippen molar-refractivity contribution in [3.8, 4) is 11.1 Å². The number of aryl methyl sites for hydroxylation is 1. The highest BCUT2D eigenvalue weighted by atomic mass is 32.2. The van der Waals surface area contributed by atoms with Gasteiger partial charge in [-0.3, -0.25) is 0 Å². The first-order valence-corrected chi connectivity index (χ1v) is 15.2. The number of halogens is 1. The molecule has 1 fully saturated rings. The standard InChI is InChI=1S/C29H30FNO5S.C3H6/c1-3-17-29(18-16-20-10-6-4-7-11-20)19-24(32)26(28(33)36-29)22-14-15-23(30)25(21-12-8-5-9-13-21)27(22)37(34,35)31-2;1-2-3-1/h4-15,31-32H,3,16-19H2,1-2H3;1-3H2. The van der Waals surface area contributed by atoms with E-state index in [0.29, 0.717) is 24.8 Å². The summed E-state index contributed by atoms with van der Waals surface area (Å²) in [5.74, 6) is -1.87. The van der Waals surface area contributed by atoms with E-state index in [1.165, 1.54) is 32.4 Å². The molecule has 0 saturated heterocycles. The molecule has 0 aromatic heterocycles. The first-order valence-electron chi connectivity index (χ1n) is 13.7. The molecule has 1 heterocycles. The van der Waals surface area contributed by atoms with Crippen LogP contribution in [0.2, 0.25) is 0 Å². The van der Waals surface area contributed by atoms with Gasteiger partial charge in [-0.05, 0) is 49.6 Å².